The molecular formula is C11H19NO6S. The average molecular weight is 293 g/mol. The molecule has 0 saturated heterocycles. The number of aliphatic carboxylic acids is 1. The molecule has 1 saturated carbocycles. The van der Waals surface area contributed by atoms with E-state index < -0.39 is 33.3 Å². The van der Waals surface area contributed by atoms with E-state index in [0.717, 1.165) is 13.5 Å². The van der Waals surface area contributed by atoms with E-state index in [2.05, 4.69) is 9.46 Å². The summed E-state index contributed by atoms with van der Waals surface area (Å²) in [7, 11) is -2.96. The number of carboxylic acids is 1. The number of sulfonamides is 1. The summed E-state index contributed by atoms with van der Waals surface area (Å²) in [5.74, 6) is -3.32. The van der Waals surface area contributed by atoms with Crippen molar-refractivity contribution in [1.82, 2.24) is 4.72 Å². The second kappa shape index (κ2) is 5.87. The zero-order chi connectivity index (χ0) is 14.7. The number of hydrogen-bond donors (Lipinski definition) is 2. The van der Waals surface area contributed by atoms with Crippen molar-refractivity contribution in [2.45, 2.75) is 38.1 Å². The standard InChI is InChI=1S/C11H19NO6S/c1-8-5-3-4-6-11(8,10(14)15)12-19(16,17)7-9(13)18-2/h8,12H,3-7H2,1-2H3,(H,14,15). The molecule has 8 heteroatoms. The second-order valence-electron chi connectivity index (χ2n) is 4.86. The molecule has 1 aliphatic rings. The molecule has 1 rings (SSSR count). The molecule has 110 valence electrons. The van der Waals surface area contributed by atoms with Crippen molar-refractivity contribution in [2.75, 3.05) is 12.9 Å². The predicted octanol–water partition coefficient (Wildman–Crippen LogP) is 0.112. The molecule has 0 spiro atoms. The van der Waals surface area contributed by atoms with Gasteiger partial charge in [0.1, 0.15) is 5.54 Å². The second-order valence-corrected chi connectivity index (χ2v) is 6.58. The minimum Gasteiger partial charge on any atom is -0.480 e. The largest absolute Gasteiger partial charge is 0.480 e. The van der Waals surface area contributed by atoms with E-state index in [1.54, 1.807) is 6.92 Å². The highest BCUT2D eigenvalue weighted by Gasteiger charge is 2.48. The summed E-state index contributed by atoms with van der Waals surface area (Å²) in [6.45, 7) is 1.70. The van der Waals surface area contributed by atoms with Crippen LogP contribution in [-0.2, 0) is 24.3 Å². The first-order valence-electron chi connectivity index (χ1n) is 6.05. The Bertz CT molecular complexity index is 460. The van der Waals surface area contributed by atoms with E-state index >= 15 is 0 Å². The van der Waals surface area contributed by atoms with Gasteiger partial charge in [0.15, 0.2) is 5.75 Å². The third-order valence-electron chi connectivity index (χ3n) is 3.55. The van der Waals surface area contributed by atoms with Gasteiger partial charge in [-0.25, -0.2) is 8.42 Å². The molecule has 1 fully saturated rings. The minimum atomic E-state index is -4.03. The highest BCUT2D eigenvalue weighted by molar-refractivity contribution is 7.90. The van der Waals surface area contributed by atoms with Crippen LogP contribution in [0.5, 0.6) is 0 Å². The molecule has 7 nitrogen and oxygen atoms in total. The number of carbonyl (C=O) groups is 2. The summed E-state index contributed by atoms with van der Waals surface area (Å²) in [4.78, 5) is 22.5. The van der Waals surface area contributed by atoms with E-state index in [0.29, 0.717) is 12.8 Å². The molecule has 19 heavy (non-hydrogen) atoms. The SMILES string of the molecule is COC(=O)CS(=O)(=O)NC1(C(=O)O)CCCCC1C. The lowest BCUT2D eigenvalue weighted by Crippen LogP contribution is -2.60. The van der Waals surface area contributed by atoms with Crippen molar-refractivity contribution >= 4 is 22.0 Å². The number of rotatable bonds is 5. The minimum absolute atomic E-state index is 0.226. The van der Waals surface area contributed by atoms with Crippen LogP contribution in [0.25, 0.3) is 0 Å². The number of ether oxygens (including phenoxy) is 1. The van der Waals surface area contributed by atoms with Crippen LogP contribution in [0.15, 0.2) is 0 Å². The summed E-state index contributed by atoms with van der Waals surface area (Å²) in [6.07, 6.45) is 2.36. The van der Waals surface area contributed by atoms with Gasteiger partial charge in [0.2, 0.25) is 10.0 Å². The molecule has 0 aromatic carbocycles. The first-order valence-corrected chi connectivity index (χ1v) is 7.70. The molecule has 2 unspecified atom stereocenters. The van der Waals surface area contributed by atoms with Gasteiger partial charge < -0.3 is 9.84 Å². The van der Waals surface area contributed by atoms with Crippen molar-refractivity contribution in [1.29, 1.82) is 0 Å². The summed E-state index contributed by atoms with van der Waals surface area (Å²) in [6, 6.07) is 0. The topological polar surface area (TPSA) is 110 Å². The molecule has 0 bridgehead atoms. The Labute approximate surface area is 112 Å². The van der Waals surface area contributed by atoms with Crippen molar-refractivity contribution in [3.8, 4) is 0 Å². The molecule has 0 aliphatic heterocycles. The highest BCUT2D eigenvalue weighted by atomic mass is 32.2. The Balaban J connectivity index is 2.96. The van der Waals surface area contributed by atoms with E-state index in [1.807, 2.05) is 0 Å². The van der Waals surface area contributed by atoms with Crippen molar-refractivity contribution < 1.29 is 27.9 Å². The fourth-order valence-electron chi connectivity index (χ4n) is 2.39. The van der Waals surface area contributed by atoms with Crippen molar-refractivity contribution in [3.05, 3.63) is 0 Å². The van der Waals surface area contributed by atoms with E-state index in [-0.39, 0.29) is 12.3 Å². The monoisotopic (exact) mass is 293 g/mol. The Morgan fingerprint density at radius 3 is 2.53 bits per heavy atom. The van der Waals surface area contributed by atoms with E-state index in [1.165, 1.54) is 0 Å². The Morgan fingerprint density at radius 2 is 2.05 bits per heavy atom. The lowest BCUT2D eigenvalue weighted by atomic mass is 9.74. The molecule has 0 amide bonds. The van der Waals surface area contributed by atoms with Gasteiger partial charge in [-0.1, -0.05) is 19.8 Å². The van der Waals surface area contributed by atoms with Gasteiger partial charge in [-0.15, -0.1) is 0 Å². The van der Waals surface area contributed by atoms with Gasteiger partial charge in [0.25, 0.3) is 0 Å². The first kappa shape index (κ1) is 15.9. The smallest absolute Gasteiger partial charge is 0.325 e. The first-order chi connectivity index (χ1) is 8.73. The van der Waals surface area contributed by atoms with Crippen molar-refractivity contribution in [2.24, 2.45) is 5.92 Å². The fraction of sp³-hybridized carbons (Fsp3) is 0.818. The van der Waals surface area contributed by atoms with Crippen LogP contribution in [0, 0.1) is 5.92 Å². The fourth-order valence-corrected chi connectivity index (χ4v) is 3.83. The van der Waals surface area contributed by atoms with Crippen LogP contribution in [0.2, 0.25) is 0 Å². The normalized spacial score (nSPS) is 27.8. The van der Waals surface area contributed by atoms with Gasteiger partial charge in [0.05, 0.1) is 7.11 Å². The van der Waals surface area contributed by atoms with Crippen LogP contribution in [-0.4, -0.2) is 43.9 Å². The maximum absolute atomic E-state index is 11.8. The third-order valence-corrected chi connectivity index (χ3v) is 4.85. The molecule has 0 aromatic heterocycles. The number of methoxy groups -OCH3 is 1. The molecule has 1 aliphatic carbocycles. The number of esters is 1. The van der Waals surface area contributed by atoms with Crippen LogP contribution >= 0.6 is 0 Å². The quantitative estimate of drug-likeness (QED) is 0.696. The van der Waals surface area contributed by atoms with E-state index in [9.17, 15) is 23.1 Å². The lowest BCUT2D eigenvalue weighted by Gasteiger charge is -2.39. The molecule has 0 heterocycles. The highest BCUT2D eigenvalue weighted by Crippen LogP contribution is 2.34. The summed E-state index contributed by atoms with van der Waals surface area (Å²) < 4.78 is 30.2. The molecule has 0 aromatic rings. The van der Waals surface area contributed by atoms with Crippen LogP contribution in [0.3, 0.4) is 0 Å². The van der Waals surface area contributed by atoms with E-state index in [4.69, 9.17) is 0 Å². The summed E-state index contributed by atoms with van der Waals surface area (Å²) >= 11 is 0. The average Bonchev–Trinajstić information content (AvgIpc) is 2.30. The molecule has 0 radical (unpaired) electrons. The summed E-state index contributed by atoms with van der Waals surface area (Å²) in [5.41, 5.74) is -1.52. The Morgan fingerprint density at radius 1 is 1.42 bits per heavy atom. The zero-order valence-electron chi connectivity index (χ0n) is 11.0. The van der Waals surface area contributed by atoms with Gasteiger partial charge in [0, 0.05) is 0 Å². The Hall–Kier alpha value is -1.15. The lowest BCUT2D eigenvalue weighted by molar-refractivity contribution is -0.148. The molecular weight excluding hydrogens is 274 g/mol. The van der Waals surface area contributed by atoms with Crippen LogP contribution in [0.1, 0.15) is 32.6 Å². The van der Waals surface area contributed by atoms with Crippen LogP contribution < -0.4 is 4.72 Å². The molecule has 2 N–H and O–H groups in total. The van der Waals surface area contributed by atoms with Gasteiger partial charge in [-0.3, -0.25) is 9.59 Å². The predicted molar refractivity (Wildman–Crippen MR) is 66.9 cm³/mol. The third kappa shape index (κ3) is 3.66. The zero-order valence-corrected chi connectivity index (χ0v) is 11.8. The maximum Gasteiger partial charge on any atom is 0.325 e. The maximum atomic E-state index is 11.8. The molecule has 2 atom stereocenters. The Kier molecular flexibility index (Phi) is 4.92. The number of hydrogen-bond acceptors (Lipinski definition) is 5. The van der Waals surface area contributed by atoms with Gasteiger partial charge in [-0.2, -0.15) is 4.72 Å². The van der Waals surface area contributed by atoms with Gasteiger partial charge >= 0.3 is 11.9 Å². The van der Waals surface area contributed by atoms with Gasteiger partial charge in [-0.05, 0) is 18.8 Å². The summed E-state index contributed by atoms with van der Waals surface area (Å²) in [5, 5.41) is 9.37. The van der Waals surface area contributed by atoms with Crippen molar-refractivity contribution in [3.63, 3.8) is 0 Å². The van der Waals surface area contributed by atoms with Crippen LogP contribution in [0.4, 0.5) is 0 Å². The number of carbonyl (C=O) groups excluding carboxylic acids is 1. The number of carboxylic acid groups (broad SMARTS) is 1. The number of nitrogens with one attached hydrogen (secondary N) is 1.